The molecule has 0 aliphatic carbocycles. The predicted octanol–water partition coefficient (Wildman–Crippen LogP) is 3.84. The molecule has 0 aliphatic rings. The molecule has 0 fully saturated rings. The van der Waals surface area contributed by atoms with Gasteiger partial charge in [-0.15, -0.1) is 0 Å². The van der Waals surface area contributed by atoms with Crippen molar-refractivity contribution in [2.45, 2.75) is 20.5 Å². The van der Waals surface area contributed by atoms with Crippen molar-refractivity contribution in [3.05, 3.63) is 70.5 Å². The number of hydrogen-bond donors (Lipinski definition) is 0. The van der Waals surface area contributed by atoms with Crippen molar-refractivity contribution in [3.63, 3.8) is 0 Å². The van der Waals surface area contributed by atoms with Gasteiger partial charge in [0, 0.05) is 11.1 Å². The van der Waals surface area contributed by atoms with Crippen molar-refractivity contribution in [1.29, 1.82) is 0 Å². The average Bonchev–Trinajstić information content (AvgIpc) is 2.43. The highest BCUT2D eigenvalue weighted by Gasteiger charge is 2.10. The second kappa shape index (κ2) is 6.44. The molecular weight excluding hydrogens is 255 g/mol. The van der Waals surface area contributed by atoms with Gasteiger partial charge in [-0.05, 0) is 31.5 Å². The van der Waals surface area contributed by atoms with Gasteiger partial charge in [-0.3, -0.25) is 4.79 Å². The Hall–Kier alpha value is -2.00. The standard InChI is InChI=1S/C17H17FO2/c1-12-7-8-13(2)15(9-12)17(19)11-20-10-14-5-3-4-6-16(14)18/h3-9H,10-11H2,1-2H3. The van der Waals surface area contributed by atoms with E-state index in [9.17, 15) is 9.18 Å². The van der Waals surface area contributed by atoms with E-state index >= 15 is 0 Å². The summed E-state index contributed by atoms with van der Waals surface area (Å²) >= 11 is 0. The van der Waals surface area contributed by atoms with Crippen LogP contribution in [0, 0.1) is 19.7 Å². The first-order chi connectivity index (χ1) is 9.58. The number of hydrogen-bond acceptors (Lipinski definition) is 2. The van der Waals surface area contributed by atoms with Crippen molar-refractivity contribution in [2.24, 2.45) is 0 Å². The molecule has 0 radical (unpaired) electrons. The van der Waals surface area contributed by atoms with Gasteiger partial charge in [0.25, 0.3) is 0 Å². The van der Waals surface area contributed by atoms with Crippen LogP contribution in [0.25, 0.3) is 0 Å². The van der Waals surface area contributed by atoms with Crippen LogP contribution in [0.2, 0.25) is 0 Å². The van der Waals surface area contributed by atoms with Crippen LogP contribution >= 0.6 is 0 Å². The zero-order chi connectivity index (χ0) is 14.5. The number of rotatable bonds is 5. The Morgan fingerprint density at radius 3 is 2.65 bits per heavy atom. The number of benzene rings is 2. The summed E-state index contributed by atoms with van der Waals surface area (Å²) in [6, 6.07) is 12.1. The van der Waals surface area contributed by atoms with Crippen molar-refractivity contribution in [2.75, 3.05) is 6.61 Å². The van der Waals surface area contributed by atoms with Gasteiger partial charge in [-0.1, -0.05) is 35.9 Å². The lowest BCUT2D eigenvalue weighted by Gasteiger charge is -2.08. The Labute approximate surface area is 118 Å². The number of Topliss-reactive ketones (excluding diaryl/α,β-unsaturated/α-hetero) is 1. The van der Waals surface area contributed by atoms with Crippen molar-refractivity contribution < 1.29 is 13.9 Å². The summed E-state index contributed by atoms with van der Waals surface area (Å²) in [5, 5.41) is 0. The number of aryl methyl sites for hydroxylation is 2. The maximum atomic E-state index is 13.4. The number of ketones is 1. The van der Waals surface area contributed by atoms with Crippen LogP contribution in [-0.2, 0) is 11.3 Å². The zero-order valence-corrected chi connectivity index (χ0v) is 11.7. The highest BCUT2D eigenvalue weighted by atomic mass is 19.1. The lowest BCUT2D eigenvalue weighted by Crippen LogP contribution is -2.11. The van der Waals surface area contributed by atoms with E-state index in [0.29, 0.717) is 11.1 Å². The van der Waals surface area contributed by atoms with Gasteiger partial charge >= 0.3 is 0 Å². The molecule has 20 heavy (non-hydrogen) atoms. The number of halogens is 1. The van der Waals surface area contributed by atoms with Crippen LogP contribution in [0.1, 0.15) is 27.0 Å². The minimum absolute atomic E-state index is 0.0430. The summed E-state index contributed by atoms with van der Waals surface area (Å²) in [7, 11) is 0. The Morgan fingerprint density at radius 1 is 1.15 bits per heavy atom. The Bertz CT molecular complexity index is 620. The highest BCUT2D eigenvalue weighted by Crippen LogP contribution is 2.12. The average molecular weight is 272 g/mol. The summed E-state index contributed by atoms with van der Waals surface area (Å²) in [5.74, 6) is -0.394. The summed E-state index contributed by atoms with van der Waals surface area (Å²) < 4.78 is 18.7. The van der Waals surface area contributed by atoms with E-state index in [1.807, 2.05) is 32.0 Å². The minimum Gasteiger partial charge on any atom is -0.369 e. The fraction of sp³-hybridized carbons (Fsp3) is 0.235. The van der Waals surface area contributed by atoms with Gasteiger partial charge in [-0.2, -0.15) is 0 Å². The van der Waals surface area contributed by atoms with Crippen molar-refractivity contribution in [3.8, 4) is 0 Å². The molecule has 0 saturated carbocycles. The molecule has 2 nitrogen and oxygen atoms in total. The molecule has 0 bridgehead atoms. The molecule has 2 rings (SSSR count). The lowest BCUT2D eigenvalue weighted by molar-refractivity contribution is 0.0720. The molecule has 0 amide bonds. The van der Waals surface area contributed by atoms with E-state index in [0.717, 1.165) is 11.1 Å². The van der Waals surface area contributed by atoms with Crippen LogP contribution in [0.5, 0.6) is 0 Å². The van der Waals surface area contributed by atoms with Crippen LogP contribution in [-0.4, -0.2) is 12.4 Å². The maximum absolute atomic E-state index is 13.4. The lowest BCUT2D eigenvalue weighted by atomic mass is 10.0. The maximum Gasteiger partial charge on any atom is 0.188 e. The van der Waals surface area contributed by atoms with Crippen LogP contribution < -0.4 is 0 Å². The second-order valence-electron chi connectivity index (χ2n) is 4.83. The van der Waals surface area contributed by atoms with E-state index in [1.165, 1.54) is 6.07 Å². The molecule has 0 saturated heterocycles. The van der Waals surface area contributed by atoms with Crippen LogP contribution in [0.3, 0.4) is 0 Å². The van der Waals surface area contributed by atoms with Crippen molar-refractivity contribution >= 4 is 5.78 Å². The molecule has 2 aromatic carbocycles. The summed E-state index contributed by atoms with van der Waals surface area (Å²) in [6.07, 6.45) is 0. The molecule has 3 heteroatoms. The van der Waals surface area contributed by atoms with Crippen LogP contribution in [0.4, 0.5) is 4.39 Å². The SMILES string of the molecule is Cc1ccc(C)c(C(=O)COCc2ccccc2F)c1. The fourth-order valence-corrected chi connectivity index (χ4v) is 1.98. The molecule has 0 aliphatic heterocycles. The summed E-state index contributed by atoms with van der Waals surface area (Å²) in [6.45, 7) is 3.89. The molecule has 0 N–H and O–H groups in total. The third-order valence-electron chi connectivity index (χ3n) is 3.14. The number of carbonyl (C=O) groups is 1. The summed E-state index contributed by atoms with van der Waals surface area (Å²) in [5.41, 5.74) is 3.09. The van der Waals surface area contributed by atoms with E-state index in [-0.39, 0.29) is 24.8 Å². The van der Waals surface area contributed by atoms with Crippen molar-refractivity contribution in [1.82, 2.24) is 0 Å². The first-order valence-corrected chi connectivity index (χ1v) is 6.49. The van der Waals surface area contributed by atoms with Gasteiger partial charge in [0.15, 0.2) is 5.78 Å². The monoisotopic (exact) mass is 272 g/mol. The summed E-state index contributed by atoms with van der Waals surface area (Å²) in [4.78, 5) is 12.1. The Balaban J connectivity index is 1.96. The molecule has 0 atom stereocenters. The normalized spacial score (nSPS) is 10.6. The third-order valence-corrected chi connectivity index (χ3v) is 3.14. The number of ether oxygens (including phenoxy) is 1. The molecular formula is C17H17FO2. The fourth-order valence-electron chi connectivity index (χ4n) is 1.98. The van der Waals surface area contributed by atoms with Crippen LogP contribution in [0.15, 0.2) is 42.5 Å². The molecule has 0 aromatic heterocycles. The van der Waals surface area contributed by atoms with E-state index in [4.69, 9.17) is 4.74 Å². The largest absolute Gasteiger partial charge is 0.369 e. The van der Waals surface area contributed by atoms with Gasteiger partial charge in [0.05, 0.1) is 6.61 Å². The minimum atomic E-state index is -0.313. The Kier molecular flexibility index (Phi) is 4.64. The Morgan fingerprint density at radius 2 is 1.90 bits per heavy atom. The van der Waals surface area contributed by atoms with E-state index < -0.39 is 0 Å². The van der Waals surface area contributed by atoms with Gasteiger partial charge < -0.3 is 4.74 Å². The topological polar surface area (TPSA) is 26.3 Å². The second-order valence-corrected chi connectivity index (χ2v) is 4.83. The first-order valence-electron chi connectivity index (χ1n) is 6.49. The zero-order valence-electron chi connectivity index (χ0n) is 11.7. The first kappa shape index (κ1) is 14.4. The van der Waals surface area contributed by atoms with Gasteiger partial charge in [0.1, 0.15) is 12.4 Å². The molecule has 0 heterocycles. The third kappa shape index (κ3) is 3.52. The quantitative estimate of drug-likeness (QED) is 0.773. The smallest absolute Gasteiger partial charge is 0.188 e. The predicted molar refractivity (Wildman–Crippen MR) is 76.3 cm³/mol. The molecule has 104 valence electrons. The van der Waals surface area contributed by atoms with Gasteiger partial charge in [0.2, 0.25) is 0 Å². The number of carbonyl (C=O) groups excluding carboxylic acids is 1. The van der Waals surface area contributed by atoms with Gasteiger partial charge in [-0.25, -0.2) is 4.39 Å². The molecule has 2 aromatic rings. The van der Waals surface area contributed by atoms with E-state index in [1.54, 1.807) is 18.2 Å². The highest BCUT2D eigenvalue weighted by molar-refractivity contribution is 5.98. The van der Waals surface area contributed by atoms with E-state index in [2.05, 4.69) is 0 Å². The molecule has 0 spiro atoms. The molecule has 0 unspecified atom stereocenters.